The van der Waals surface area contributed by atoms with Crippen LogP contribution in [0.4, 0.5) is 0 Å². The van der Waals surface area contributed by atoms with Gasteiger partial charge in [-0.25, -0.2) is 0 Å². The van der Waals surface area contributed by atoms with E-state index in [0.717, 1.165) is 27.6 Å². The number of hydrogen-bond donors (Lipinski definition) is 3. The maximum atomic E-state index is 11.9. The molecule has 6 nitrogen and oxygen atoms in total. The minimum Gasteiger partial charge on any atom is -0.490 e. The van der Waals surface area contributed by atoms with Crippen molar-refractivity contribution in [1.29, 1.82) is 0 Å². The molecule has 0 amide bonds. The summed E-state index contributed by atoms with van der Waals surface area (Å²) in [6.07, 6.45) is 2.23. The van der Waals surface area contributed by atoms with E-state index in [0.29, 0.717) is 41.1 Å². The molecule has 0 aliphatic heterocycles. The van der Waals surface area contributed by atoms with Gasteiger partial charge in [-0.15, -0.1) is 0 Å². The minimum absolute atomic E-state index is 0.263. The highest BCUT2D eigenvalue weighted by Crippen LogP contribution is 2.31. The summed E-state index contributed by atoms with van der Waals surface area (Å²) < 4.78 is 11.7. The van der Waals surface area contributed by atoms with Crippen molar-refractivity contribution in [3.05, 3.63) is 93.6 Å². The number of aromatic nitrogens is 1. The van der Waals surface area contributed by atoms with Gasteiger partial charge in [0.05, 0.1) is 6.61 Å². The summed E-state index contributed by atoms with van der Waals surface area (Å²) in [4.78, 5) is 15.1. The van der Waals surface area contributed by atoms with Gasteiger partial charge in [-0.1, -0.05) is 53.5 Å². The normalized spacial score (nSPS) is 12.0. The lowest BCUT2D eigenvalue weighted by Crippen LogP contribution is -2.38. The Morgan fingerprint density at radius 3 is 2.63 bits per heavy atom. The van der Waals surface area contributed by atoms with E-state index in [-0.39, 0.29) is 6.61 Å². The number of para-hydroxylation sites is 1. The van der Waals surface area contributed by atoms with Crippen LogP contribution in [0.1, 0.15) is 23.6 Å². The van der Waals surface area contributed by atoms with Gasteiger partial charge in [-0.2, -0.15) is 0 Å². The summed E-state index contributed by atoms with van der Waals surface area (Å²) in [5.41, 5.74) is 3.64. The summed E-state index contributed by atoms with van der Waals surface area (Å²) in [6, 6.07) is 17.9. The molecule has 4 rings (SSSR count). The van der Waals surface area contributed by atoms with Crippen molar-refractivity contribution in [3.63, 3.8) is 0 Å². The first-order valence-corrected chi connectivity index (χ1v) is 12.0. The number of carboxylic acids is 1. The number of nitrogens with one attached hydrogen (secondary N) is 2. The molecule has 0 bridgehead atoms. The van der Waals surface area contributed by atoms with Crippen LogP contribution in [0.5, 0.6) is 11.5 Å². The Bertz CT molecular complexity index is 1320. The van der Waals surface area contributed by atoms with Crippen LogP contribution in [0.15, 0.2) is 66.9 Å². The number of benzene rings is 3. The van der Waals surface area contributed by atoms with Crippen molar-refractivity contribution in [2.45, 2.75) is 32.5 Å². The van der Waals surface area contributed by atoms with E-state index in [4.69, 9.17) is 32.7 Å². The van der Waals surface area contributed by atoms with E-state index in [2.05, 4.69) is 10.3 Å². The van der Waals surface area contributed by atoms with Crippen LogP contribution < -0.4 is 14.8 Å². The molecule has 3 aromatic carbocycles. The van der Waals surface area contributed by atoms with E-state index in [1.165, 1.54) is 0 Å². The highest BCUT2D eigenvalue weighted by Gasteiger charge is 2.19. The number of aliphatic carboxylic acids is 1. The molecule has 1 heterocycles. The van der Waals surface area contributed by atoms with Gasteiger partial charge in [-0.05, 0) is 48.4 Å². The Balaban J connectivity index is 1.43. The van der Waals surface area contributed by atoms with Gasteiger partial charge in [-0.3, -0.25) is 4.79 Å². The Morgan fingerprint density at radius 2 is 1.86 bits per heavy atom. The van der Waals surface area contributed by atoms with Crippen LogP contribution in [0.3, 0.4) is 0 Å². The number of aromatic amines is 1. The standard InChI is InChI=1S/C27H26Cl2N2O4/c1-2-34-26-11-17(7-10-25(26)35-16-18-8-9-20(28)13-22(18)29)14-30-24(27(32)33)12-19-15-31-23-6-4-3-5-21(19)23/h3-11,13,15,24,30-31H,2,12,14,16H2,1H3,(H,32,33). The number of ether oxygens (including phenoxy) is 2. The Labute approximate surface area is 213 Å². The van der Waals surface area contributed by atoms with Crippen molar-refractivity contribution in [3.8, 4) is 11.5 Å². The molecule has 0 radical (unpaired) electrons. The van der Waals surface area contributed by atoms with Crippen LogP contribution in [-0.4, -0.2) is 28.7 Å². The van der Waals surface area contributed by atoms with Gasteiger partial charge >= 0.3 is 5.97 Å². The van der Waals surface area contributed by atoms with Gasteiger partial charge in [0.2, 0.25) is 0 Å². The van der Waals surface area contributed by atoms with E-state index < -0.39 is 12.0 Å². The smallest absolute Gasteiger partial charge is 0.321 e. The van der Waals surface area contributed by atoms with Crippen LogP contribution in [0.25, 0.3) is 10.9 Å². The lowest BCUT2D eigenvalue weighted by Gasteiger charge is -2.17. The fourth-order valence-corrected chi connectivity index (χ4v) is 4.32. The van der Waals surface area contributed by atoms with E-state index in [1.807, 2.05) is 61.7 Å². The molecule has 8 heteroatoms. The van der Waals surface area contributed by atoms with Gasteiger partial charge in [0.15, 0.2) is 11.5 Å². The highest BCUT2D eigenvalue weighted by molar-refractivity contribution is 6.35. The van der Waals surface area contributed by atoms with Crippen LogP contribution in [0.2, 0.25) is 10.0 Å². The first-order chi connectivity index (χ1) is 16.9. The predicted octanol–water partition coefficient (Wildman–Crippen LogP) is 6.24. The van der Waals surface area contributed by atoms with Gasteiger partial charge < -0.3 is 24.9 Å². The molecular formula is C27H26Cl2N2O4. The molecule has 0 saturated heterocycles. The monoisotopic (exact) mass is 512 g/mol. The molecule has 35 heavy (non-hydrogen) atoms. The number of halogens is 2. The Hall–Kier alpha value is -3.19. The maximum Gasteiger partial charge on any atom is 0.321 e. The second-order valence-electron chi connectivity index (χ2n) is 8.07. The molecule has 0 spiro atoms. The number of hydrogen-bond acceptors (Lipinski definition) is 4. The van der Waals surface area contributed by atoms with E-state index in [1.54, 1.807) is 12.1 Å². The number of fused-ring (bicyclic) bond motifs is 1. The Kier molecular flexibility index (Phi) is 8.18. The molecule has 4 aromatic rings. The predicted molar refractivity (Wildman–Crippen MR) is 139 cm³/mol. The van der Waals surface area contributed by atoms with E-state index >= 15 is 0 Å². The summed E-state index contributed by atoms with van der Waals surface area (Å²) in [6.45, 7) is 2.99. The summed E-state index contributed by atoms with van der Waals surface area (Å²) in [7, 11) is 0. The third-order valence-electron chi connectivity index (χ3n) is 5.66. The van der Waals surface area contributed by atoms with Crippen molar-refractivity contribution in [2.75, 3.05) is 6.61 Å². The maximum absolute atomic E-state index is 11.9. The Morgan fingerprint density at radius 1 is 1.03 bits per heavy atom. The number of rotatable bonds is 11. The average molecular weight is 513 g/mol. The fourth-order valence-electron chi connectivity index (χ4n) is 3.85. The topological polar surface area (TPSA) is 83.6 Å². The van der Waals surface area contributed by atoms with Crippen molar-refractivity contribution >= 4 is 40.1 Å². The van der Waals surface area contributed by atoms with Crippen molar-refractivity contribution in [1.82, 2.24) is 10.3 Å². The minimum atomic E-state index is -0.903. The molecule has 0 saturated carbocycles. The van der Waals surface area contributed by atoms with Crippen molar-refractivity contribution < 1.29 is 19.4 Å². The summed E-state index contributed by atoms with van der Waals surface area (Å²) in [5, 5.41) is 15.1. The van der Waals surface area contributed by atoms with Gasteiger partial charge in [0.25, 0.3) is 0 Å². The molecule has 1 aromatic heterocycles. The third-order valence-corrected chi connectivity index (χ3v) is 6.24. The first-order valence-electron chi connectivity index (χ1n) is 11.3. The highest BCUT2D eigenvalue weighted by atomic mass is 35.5. The van der Waals surface area contributed by atoms with Gasteiger partial charge in [0.1, 0.15) is 12.6 Å². The summed E-state index contributed by atoms with van der Waals surface area (Å²) in [5.74, 6) is 0.260. The lowest BCUT2D eigenvalue weighted by molar-refractivity contribution is -0.139. The average Bonchev–Trinajstić information content (AvgIpc) is 3.25. The first kappa shape index (κ1) is 24.9. The lowest BCUT2D eigenvalue weighted by atomic mass is 10.0. The van der Waals surface area contributed by atoms with Crippen LogP contribution in [0, 0.1) is 0 Å². The van der Waals surface area contributed by atoms with Gasteiger partial charge in [0, 0.05) is 45.7 Å². The number of carbonyl (C=O) groups is 1. The molecule has 0 aliphatic rings. The second kappa shape index (κ2) is 11.5. The quantitative estimate of drug-likeness (QED) is 0.221. The largest absolute Gasteiger partial charge is 0.490 e. The zero-order valence-electron chi connectivity index (χ0n) is 19.2. The second-order valence-corrected chi connectivity index (χ2v) is 8.92. The zero-order chi connectivity index (χ0) is 24.8. The third kappa shape index (κ3) is 6.28. The molecule has 0 aliphatic carbocycles. The fraction of sp³-hybridized carbons (Fsp3) is 0.222. The van der Waals surface area contributed by atoms with Crippen LogP contribution in [-0.2, 0) is 24.4 Å². The van der Waals surface area contributed by atoms with Crippen LogP contribution >= 0.6 is 23.2 Å². The molecule has 3 N–H and O–H groups in total. The van der Waals surface area contributed by atoms with E-state index in [9.17, 15) is 9.90 Å². The summed E-state index contributed by atoms with van der Waals surface area (Å²) >= 11 is 12.2. The number of carboxylic acid groups (broad SMARTS) is 1. The van der Waals surface area contributed by atoms with Crippen molar-refractivity contribution in [2.24, 2.45) is 0 Å². The molecular weight excluding hydrogens is 487 g/mol. The molecule has 1 atom stereocenters. The number of H-pyrrole nitrogens is 1. The SMILES string of the molecule is CCOc1cc(CNC(Cc2c[nH]c3ccccc23)C(=O)O)ccc1OCc1ccc(Cl)cc1Cl. The molecule has 1 unspecified atom stereocenters. The molecule has 182 valence electrons. The zero-order valence-corrected chi connectivity index (χ0v) is 20.7. The molecule has 0 fully saturated rings.